The van der Waals surface area contributed by atoms with Crippen LogP contribution < -0.4 is 14.9 Å². The van der Waals surface area contributed by atoms with Crippen LogP contribution in [-0.4, -0.2) is 89.0 Å². The molecular weight excluding hydrogens is 616 g/mol. The van der Waals surface area contributed by atoms with Gasteiger partial charge < -0.3 is 34.9 Å². The molecule has 10 nitrogen and oxygen atoms in total. The van der Waals surface area contributed by atoms with Crippen LogP contribution in [0.1, 0.15) is 49.5 Å². The van der Waals surface area contributed by atoms with Crippen molar-refractivity contribution in [3.63, 3.8) is 0 Å². The fourth-order valence-corrected chi connectivity index (χ4v) is 7.56. The number of morpholine rings is 1. The standard InChI is InChI=1S/C36H44N4O6S/c1-35(2,26-6-4-3-5-7-26)33(43)40-19-21-46-36(24-40)14-16-39(17-15-36)18-20-45-27-10-8-25(9-11-27)22-37-23-30(42)28-12-13-29(41)31-32(28)47-34(44)38-31/h3-13,30,37,41-42H,14-24H2,1-2H3,(H,38,44)/t30-/m0/s1. The lowest BCUT2D eigenvalue weighted by molar-refractivity contribution is -0.163. The number of ether oxygens (including phenoxy) is 2. The molecule has 3 aromatic carbocycles. The number of thiazole rings is 1. The first-order valence-corrected chi connectivity index (χ1v) is 17.1. The highest BCUT2D eigenvalue weighted by Gasteiger charge is 2.44. The fraction of sp³-hybridized carbons (Fsp3) is 0.444. The van der Waals surface area contributed by atoms with Crippen LogP contribution in [0.5, 0.6) is 11.5 Å². The maximum absolute atomic E-state index is 13.6. The highest BCUT2D eigenvalue weighted by atomic mass is 32.1. The molecule has 2 fully saturated rings. The Balaban J connectivity index is 0.916. The van der Waals surface area contributed by atoms with Gasteiger partial charge in [-0.3, -0.25) is 14.5 Å². The molecule has 4 aromatic rings. The summed E-state index contributed by atoms with van der Waals surface area (Å²) in [6, 6.07) is 21.1. The van der Waals surface area contributed by atoms with Crippen molar-refractivity contribution < 1.29 is 24.5 Å². The normalized spacial score (nSPS) is 17.6. The first kappa shape index (κ1) is 33.2. The van der Waals surface area contributed by atoms with Crippen molar-refractivity contribution in [2.24, 2.45) is 0 Å². The molecule has 11 heteroatoms. The predicted octanol–water partition coefficient (Wildman–Crippen LogP) is 4.17. The van der Waals surface area contributed by atoms with Gasteiger partial charge >= 0.3 is 4.87 Å². The number of carbonyl (C=O) groups excluding carboxylic acids is 1. The van der Waals surface area contributed by atoms with Gasteiger partial charge in [-0.2, -0.15) is 0 Å². The van der Waals surface area contributed by atoms with Crippen LogP contribution in [0.25, 0.3) is 10.2 Å². The number of hydrogen-bond acceptors (Lipinski definition) is 9. The van der Waals surface area contributed by atoms with E-state index in [2.05, 4.69) is 15.2 Å². The van der Waals surface area contributed by atoms with E-state index in [4.69, 9.17) is 9.47 Å². The van der Waals surface area contributed by atoms with E-state index in [0.717, 1.165) is 60.7 Å². The number of benzene rings is 3. The smallest absolute Gasteiger partial charge is 0.305 e. The molecule has 0 unspecified atom stereocenters. The van der Waals surface area contributed by atoms with Crippen molar-refractivity contribution in [3.8, 4) is 11.5 Å². The lowest BCUT2D eigenvalue weighted by atomic mass is 9.82. The molecule has 0 saturated carbocycles. The number of carbonyl (C=O) groups is 1. The SMILES string of the molecule is CC(C)(C(=O)N1CCOC2(CCN(CCOc3ccc(CNC[C@H](O)c4ccc(O)c5[nH]c(=O)sc45)cc3)CC2)C1)c1ccccc1. The number of phenolic OH excluding ortho intramolecular Hbond substituents is 1. The summed E-state index contributed by atoms with van der Waals surface area (Å²) >= 11 is 0.980. The van der Waals surface area contributed by atoms with E-state index in [1.807, 2.05) is 73.3 Å². The number of likely N-dealkylation sites (tertiary alicyclic amines) is 1. The van der Waals surface area contributed by atoms with Crippen molar-refractivity contribution in [1.29, 1.82) is 0 Å². The summed E-state index contributed by atoms with van der Waals surface area (Å²) in [7, 11) is 0. The Labute approximate surface area is 278 Å². The lowest BCUT2D eigenvalue weighted by Crippen LogP contribution is -2.60. The zero-order chi connectivity index (χ0) is 33.0. The van der Waals surface area contributed by atoms with E-state index in [9.17, 15) is 19.8 Å². The van der Waals surface area contributed by atoms with Gasteiger partial charge in [-0.05, 0) is 56.0 Å². The van der Waals surface area contributed by atoms with Crippen molar-refractivity contribution in [1.82, 2.24) is 20.1 Å². The summed E-state index contributed by atoms with van der Waals surface area (Å²) in [5, 5.41) is 24.0. The van der Waals surface area contributed by atoms with Gasteiger partial charge in [0.2, 0.25) is 5.91 Å². The predicted molar refractivity (Wildman–Crippen MR) is 183 cm³/mol. The van der Waals surface area contributed by atoms with E-state index in [1.54, 1.807) is 6.07 Å². The second-order valence-corrected chi connectivity index (χ2v) is 14.1. The molecule has 1 atom stereocenters. The zero-order valence-electron chi connectivity index (χ0n) is 27.0. The number of amides is 1. The number of aromatic nitrogens is 1. The Hall–Kier alpha value is -3.74. The molecule has 0 radical (unpaired) electrons. The summed E-state index contributed by atoms with van der Waals surface area (Å²) < 4.78 is 12.9. The maximum atomic E-state index is 13.6. The largest absolute Gasteiger partial charge is 0.506 e. The number of aliphatic hydroxyl groups excluding tert-OH is 1. The van der Waals surface area contributed by atoms with Crippen molar-refractivity contribution >= 4 is 27.5 Å². The summed E-state index contributed by atoms with van der Waals surface area (Å²) in [5.41, 5.74) is 2.20. The second kappa shape index (κ2) is 14.2. The Bertz CT molecular complexity index is 1710. The minimum atomic E-state index is -0.824. The molecule has 1 amide bonds. The van der Waals surface area contributed by atoms with E-state index in [1.165, 1.54) is 6.07 Å². The van der Waals surface area contributed by atoms with Gasteiger partial charge in [0.05, 0.1) is 28.4 Å². The number of aliphatic hydroxyl groups is 1. The summed E-state index contributed by atoms with van der Waals surface area (Å²) in [6.45, 7) is 9.95. The van der Waals surface area contributed by atoms with Gasteiger partial charge in [0.15, 0.2) is 0 Å². The minimum Gasteiger partial charge on any atom is -0.506 e. The van der Waals surface area contributed by atoms with Crippen LogP contribution in [0, 0.1) is 0 Å². The number of hydrogen-bond donors (Lipinski definition) is 4. The molecule has 0 aliphatic carbocycles. The molecule has 6 rings (SSSR count). The average molecular weight is 661 g/mol. The Kier molecular flexibility index (Phi) is 10.00. The molecule has 2 aliphatic rings. The second-order valence-electron chi connectivity index (χ2n) is 13.1. The van der Waals surface area contributed by atoms with Crippen LogP contribution in [0.4, 0.5) is 0 Å². The van der Waals surface area contributed by atoms with Gasteiger partial charge in [0.1, 0.15) is 23.6 Å². The summed E-state index contributed by atoms with van der Waals surface area (Å²) in [4.78, 5) is 32.1. The quantitative estimate of drug-likeness (QED) is 0.189. The molecule has 1 aromatic heterocycles. The maximum Gasteiger partial charge on any atom is 0.305 e. The van der Waals surface area contributed by atoms with Crippen molar-refractivity contribution in [2.75, 3.05) is 52.5 Å². The van der Waals surface area contributed by atoms with Gasteiger partial charge in [-0.25, -0.2) is 0 Å². The van der Waals surface area contributed by atoms with Crippen LogP contribution >= 0.6 is 11.3 Å². The lowest BCUT2D eigenvalue weighted by Gasteiger charge is -2.48. The first-order valence-electron chi connectivity index (χ1n) is 16.3. The number of aromatic amines is 1. The van der Waals surface area contributed by atoms with E-state index in [-0.39, 0.29) is 22.1 Å². The molecule has 47 heavy (non-hydrogen) atoms. The number of phenols is 1. The summed E-state index contributed by atoms with van der Waals surface area (Å²) in [5.74, 6) is 0.962. The molecule has 250 valence electrons. The Morgan fingerprint density at radius 3 is 2.57 bits per heavy atom. The third kappa shape index (κ3) is 7.55. The third-order valence-electron chi connectivity index (χ3n) is 9.55. The van der Waals surface area contributed by atoms with Gasteiger partial charge in [0.25, 0.3) is 0 Å². The Morgan fingerprint density at radius 1 is 1.09 bits per heavy atom. The molecule has 4 N–H and O–H groups in total. The van der Waals surface area contributed by atoms with Crippen LogP contribution in [0.15, 0.2) is 71.5 Å². The molecule has 1 spiro atoms. The number of H-pyrrole nitrogens is 1. The third-order valence-corrected chi connectivity index (χ3v) is 10.5. The molecule has 0 bridgehead atoms. The average Bonchev–Trinajstić information content (AvgIpc) is 3.49. The van der Waals surface area contributed by atoms with Crippen molar-refractivity contribution in [2.45, 2.75) is 50.4 Å². The van der Waals surface area contributed by atoms with E-state index >= 15 is 0 Å². The monoisotopic (exact) mass is 660 g/mol. The highest BCUT2D eigenvalue weighted by molar-refractivity contribution is 7.16. The number of aromatic hydroxyl groups is 1. The molecular formula is C36H44N4O6S. The molecule has 2 aliphatic heterocycles. The van der Waals surface area contributed by atoms with Crippen LogP contribution in [-0.2, 0) is 21.5 Å². The van der Waals surface area contributed by atoms with Gasteiger partial charge in [0, 0.05) is 51.4 Å². The number of nitrogens with one attached hydrogen (secondary N) is 2. The number of rotatable bonds is 11. The summed E-state index contributed by atoms with van der Waals surface area (Å²) in [6.07, 6.45) is 0.957. The zero-order valence-corrected chi connectivity index (χ0v) is 27.9. The van der Waals surface area contributed by atoms with E-state index < -0.39 is 11.5 Å². The Morgan fingerprint density at radius 2 is 1.83 bits per heavy atom. The fourth-order valence-electron chi connectivity index (χ4n) is 6.64. The number of fused-ring (bicyclic) bond motifs is 1. The van der Waals surface area contributed by atoms with Gasteiger partial charge in [-0.15, -0.1) is 0 Å². The highest BCUT2D eigenvalue weighted by Crippen LogP contribution is 2.34. The topological polar surface area (TPSA) is 127 Å². The molecule has 2 saturated heterocycles. The first-order chi connectivity index (χ1) is 22.6. The molecule has 3 heterocycles. The van der Waals surface area contributed by atoms with Crippen LogP contribution in [0.2, 0.25) is 0 Å². The van der Waals surface area contributed by atoms with E-state index in [0.29, 0.717) is 55.2 Å². The number of piperidine rings is 1. The van der Waals surface area contributed by atoms with Gasteiger partial charge in [-0.1, -0.05) is 59.9 Å². The minimum absolute atomic E-state index is 0.00675. The van der Waals surface area contributed by atoms with Crippen LogP contribution in [0.3, 0.4) is 0 Å². The number of nitrogens with zero attached hydrogens (tertiary/aromatic N) is 2. The van der Waals surface area contributed by atoms with Crippen molar-refractivity contribution in [3.05, 3.63) is 93.1 Å².